The zero-order valence-electron chi connectivity index (χ0n) is 18.4. The quantitative estimate of drug-likeness (QED) is 0.610. The first-order valence-corrected chi connectivity index (χ1v) is 12.5. The second kappa shape index (κ2) is 10.5. The van der Waals surface area contributed by atoms with E-state index in [0.29, 0.717) is 18.9 Å². The predicted octanol–water partition coefficient (Wildman–Crippen LogP) is 3.95. The summed E-state index contributed by atoms with van der Waals surface area (Å²) in [6.45, 7) is 6.69. The number of carbonyl (C=O) groups is 2. The van der Waals surface area contributed by atoms with Gasteiger partial charge in [-0.05, 0) is 69.1 Å². The summed E-state index contributed by atoms with van der Waals surface area (Å²) in [5, 5.41) is 0. The van der Waals surface area contributed by atoms with Crippen molar-refractivity contribution in [1.29, 1.82) is 0 Å². The lowest BCUT2D eigenvalue weighted by atomic mass is 9.90. The number of benzene rings is 1. The van der Waals surface area contributed by atoms with E-state index in [-0.39, 0.29) is 18.0 Å². The molecule has 6 nitrogen and oxygen atoms in total. The Morgan fingerprint density at radius 2 is 1.90 bits per heavy atom. The first-order valence-electron chi connectivity index (χ1n) is 11.0. The molecular formula is C23H34N2O4S. The van der Waals surface area contributed by atoms with Crippen LogP contribution in [0.3, 0.4) is 0 Å². The Labute approximate surface area is 182 Å². The number of piperidine rings is 1. The van der Waals surface area contributed by atoms with Gasteiger partial charge in [0, 0.05) is 44.4 Å². The molecular weight excluding hydrogens is 400 g/mol. The van der Waals surface area contributed by atoms with Crippen molar-refractivity contribution in [1.82, 2.24) is 9.21 Å². The average molecular weight is 435 g/mol. The zero-order chi connectivity index (χ0) is 21.7. The van der Waals surface area contributed by atoms with Gasteiger partial charge in [0.05, 0.1) is 17.1 Å². The molecule has 2 heterocycles. The van der Waals surface area contributed by atoms with E-state index in [4.69, 9.17) is 4.74 Å². The zero-order valence-corrected chi connectivity index (χ0v) is 19.2. The molecule has 1 aromatic rings. The largest absolute Gasteiger partial charge is 0.447 e. The summed E-state index contributed by atoms with van der Waals surface area (Å²) < 4.78 is 18.9. The smallest absolute Gasteiger partial charge is 0.410 e. The maximum absolute atomic E-state index is 12.7. The Balaban J connectivity index is 1.42. The molecule has 2 aliphatic heterocycles. The van der Waals surface area contributed by atoms with Gasteiger partial charge in [-0.25, -0.2) is 13.3 Å². The van der Waals surface area contributed by atoms with E-state index in [1.807, 2.05) is 36.4 Å². The van der Waals surface area contributed by atoms with E-state index in [1.54, 1.807) is 11.2 Å². The number of ether oxygens (including phenoxy) is 1. The fourth-order valence-electron chi connectivity index (χ4n) is 4.30. The van der Waals surface area contributed by atoms with Crippen molar-refractivity contribution in [3.63, 3.8) is 0 Å². The van der Waals surface area contributed by atoms with Crippen LogP contribution in [0.5, 0.6) is 0 Å². The van der Waals surface area contributed by atoms with Gasteiger partial charge in [-0.1, -0.05) is 12.1 Å². The van der Waals surface area contributed by atoms with Gasteiger partial charge in [-0.3, -0.25) is 4.79 Å². The highest BCUT2D eigenvalue weighted by Gasteiger charge is 2.24. The van der Waals surface area contributed by atoms with E-state index in [9.17, 15) is 13.8 Å². The van der Waals surface area contributed by atoms with Crippen LogP contribution in [0.4, 0.5) is 4.79 Å². The average Bonchev–Trinajstić information content (AvgIpc) is 2.72. The first kappa shape index (κ1) is 22.9. The first-order chi connectivity index (χ1) is 14.3. The summed E-state index contributed by atoms with van der Waals surface area (Å²) in [5.74, 6) is 0.780. The van der Waals surface area contributed by atoms with Crippen LogP contribution in [0.2, 0.25) is 0 Å². The number of rotatable bonds is 7. The third kappa shape index (κ3) is 6.14. The molecule has 0 N–H and O–H groups in total. The lowest BCUT2D eigenvalue weighted by Gasteiger charge is -2.31. The van der Waals surface area contributed by atoms with Crippen LogP contribution in [0.25, 0.3) is 0 Å². The van der Waals surface area contributed by atoms with Gasteiger partial charge >= 0.3 is 6.09 Å². The van der Waals surface area contributed by atoms with Crippen LogP contribution >= 0.6 is 0 Å². The Hall–Kier alpha value is -1.73. The van der Waals surface area contributed by atoms with Crippen LogP contribution in [0.15, 0.2) is 18.2 Å². The number of ketones is 1. The summed E-state index contributed by atoms with van der Waals surface area (Å²) in [7, 11) is -0.951. The van der Waals surface area contributed by atoms with Gasteiger partial charge in [-0.2, -0.15) is 0 Å². The second-order valence-corrected chi connectivity index (χ2v) is 10.1. The molecule has 0 aromatic heterocycles. The van der Waals surface area contributed by atoms with Gasteiger partial charge in [0.15, 0.2) is 5.78 Å². The summed E-state index contributed by atoms with van der Waals surface area (Å²) in [6.07, 6.45) is 6.71. The molecule has 0 saturated carbocycles. The molecule has 7 heteroatoms. The number of Topliss-reactive ketones (excluding diaryl/α,β-unsaturated/α-hetero) is 1. The molecule has 3 rings (SSSR count). The highest BCUT2D eigenvalue weighted by atomic mass is 32.2. The second-order valence-electron chi connectivity index (χ2n) is 8.70. The fourth-order valence-corrected chi connectivity index (χ4v) is 4.97. The molecule has 0 radical (unpaired) electrons. The third-order valence-corrected chi connectivity index (χ3v) is 7.13. The molecule has 0 bridgehead atoms. The van der Waals surface area contributed by atoms with Crippen LogP contribution in [-0.4, -0.2) is 57.3 Å². The number of hydrogen-bond acceptors (Lipinski definition) is 4. The van der Waals surface area contributed by atoms with Crippen molar-refractivity contribution in [2.24, 2.45) is 5.92 Å². The van der Waals surface area contributed by atoms with Crippen LogP contribution < -0.4 is 0 Å². The summed E-state index contributed by atoms with van der Waals surface area (Å²) in [6, 6.07) is 5.97. The maximum atomic E-state index is 12.7. The molecule has 1 saturated heterocycles. The Bertz CT molecular complexity index is 787. The fraction of sp³-hybridized carbons (Fsp3) is 0.652. The number of likely N-dealkylation sites (tertiary alicyclic amines) is 1. The molecule has 1 aromatic carbocycles. The molecule has 1 fully saturated rings. The SMILES string of the molecule is CC(C)OC(=O)N1CCC(CCCC(=O)c2ccc3c(c2)CCN(S(C)=O)C3)CC1. The lowest BCUT2D eigenvalue weighted by Crippen LogP contribution is -2.39. The number of nitrogens with zero attached hydrogens (tertiary/aromatic N) is 2. The van der Waals surface area contributed by atoms with Crippen molar-refractivity contribution in [3.8, 4) is 0 Å². The van der Waals surface area contributed by atoms with E-state index in [1.165, 1.54) is 11.1 Å². The van der Waals surface area contributed by atoms with Crippen LogP contribution in [0, 0.1) is 5.92 Å². The van der Waals surface area contributed by atoms with E-state index in [0.717, 1.165) is 57.3 Å². The Morgan fingerprint density at radius 1 is 1.17 bits per heavy atom. The summed E-state index contributed by atoms with van der Waals surface area (Å²) >= 11 is 0. The van der Waals surface area contributed by atoms with Gasteiger partial charge in [0.2, 0.25) is 0 Å². The Kier molecular flexibility index (Phi) is 8.06. The minimum atomic E-state index is -0.951. The van der Waals surface area contributed by atoms with Crippen molar-refractivity contribution in [2.75, 3.05) is 25.9 Å². The molecule has 1 unspecified atom stereocenters. The van der Waals surface area contributed by atoms with Crippen molar-refractivity contribution >= 4 is 22.9 Å². The molecule has 0 aliphatic carbocycles. The topological polar surface area (TPSA) is 66.9 Å². The molecule has 1 amide bonds. The number of hydrogen-bond donors (Lipinski definition) is 0. The molecule has 166 valence electrons. The van der Waals surface area contributed by atoms with Crippen molar-refractivity contribution < 1.29 is 18.5 Å². The van der Waals surface area contributed by atoms with Gasteiger partial charge in [0.25, 0.3) is 0 Å². The molecule has 0 spiro atoms. The van der Waals surface area contributed by atoms with E-state index < -0.39 is 11.0 Å². The van der Waals surface area contributed by atoms with E-state index >= 15 is 0 Å². The van der Waals surface area contributed by atoms with Gasteiger partial charge < -0.3 is 9.64 Å². The van der Waals surface area contributed by atoms with Crippen molar-refractivity contribution in [2.45, 2.75) is 65.0 Å². The highest BCUT2D eigenvalue weighted by Crippen LogP contribution is 2.25. The summed E-state index contributed by atoms with van der Waals surface area (Å²) in [5.41, 5.74) is 3.19. The van der Waals surface area contributed by atoms with E-state index in [2.05, 4.69) is 0 Å². The number of amides is 1. The van der Waals surface area contributed by atoms with Crippen molar-refractivity contribution in [3.05, 3.63) is 34.9 Å². The van der Waals surface area contributed by atoms with Gasteiger partial charge in [-0.15, -0.1) is 0 Å². The molecule has 30 heavy (non-hydrogen) atoms. The van der Waals surface area contributed by atoms with Gasteiger partial charge in [0.1, 0.15) is 0 Å². The Morgan fingerprint density at radius 3 is 2.57 bits per heavy atom. The number of carbonyl (C=O) groups excluding carboxylic acids is 2. The molecule has 1 atom stereocenters. The summed E-state index contributed by atoms with van der Waals surface area (Å²) in [4.78, 5) is 26.4. The monoisotopic (exact) mass is 434 g/mol. The van der Waals surface area contributed by atoms with Crippen LogP contribution in [-0.2, 0) is 28.7 Å². The minimum Gasteiger partial charge on any atom is -0.447 e. The normalized spacial score (nSPS) is 18.9. The van der Waals surface area contributed by atoms with Crippen LogP contribution in [0.1, 0.15) is 67.4 Å². The minimum absolute atomic E-state index is 0.0839. The third-order valence-electron chi connectivity index (χ3n) is 6.09. The maximum Gasteiger partial charge on any atom is 0.410 e. The predicted molar refractivity (Wildman–Crippen MR) is 119 cm³/mol. The lowest BCUT2D eigenvalue weighted by molar-refractivity contribution is 0.0646. The standard InChI is InChI=1S/C23H34N2O4S/c1-17(2)29-23(27)24-12-9-18(10-13-24)5-4-6-22(26)20-7-8-21-16-25(30(3)28)14-11-19(21)15-20/h7-8,15,17-18H,4-6,9-14,16H2,1-3H3. The molecule has 2 aliphatic rings. The highest BCUT2D eigenvalue weighted by molar-refractivity contribution is 7.81. The number of fused-ring (bicyclic) bond motifs is 1.